The third-order valence-corrected chi connectivity index (χ3v) is 1.25. The van der Waals surface area contributed by atoms with E-state index in [1.807, 2.05) is 13.0 Å². The average molecular weight is 133 g/mol. The van der Waals surface area contributed by atoms with Gasteiger partial charge in [-0.05, 0) is 12.5 Å². The minimum atomic E-state index is 0.369. The molecular formula is C7H7N3. The molecule has 0 aromatic carbocycles. The second-order valence-electron chi connectivity index (χ2n) is 1.99. The normalized spacial score (nSPS) is 8.80. The van der Waals surface area contributed by atoms with E-state index in [4.69, 9.17) is 5.26 Å². The van der Waals surface area contributed by atoms with Crippen LogP contribution >= 0.6 is 0 Å². The zero-order chi connectivity index (χ0) is 7.40. The Labute approximate surface area is 59.4 Å². The Balaban J connectivity index is 2.94. The molecule has 0 radical (unpaired) electrons. The van der Waals surface area contributed by atoms with Crippen molar-refractivity contribution in [2.75, 3.05) is 0 Å². The standard InChI is InChI=1S/C7H7N3/c1-6-4-9-5-10-7(6)2-3-8/h4-5H,2H2,1H3. The summed E-state index contributed by atoms with van der Waals surface area (Å²) in [4.78, 5) is 7.74. The van der Waals surface area contributed by atoms with Gasteiger partial charge in [0, 0.05) is 6.20 Å². The van der Waals surface area contributed by atoms with Crippen LogP contribution in [0.15, 0.2) is 12.5 Å². The molecule has 10 heavy (non-hydrogen) atoms. The maximum Gasteiger partial charge on any atom is 0.115 e. The minimum Gasteiger partial charge on any atom is -0.245 e. The number of rotatable bonds is 1. The highest BCUT2D eigenvalue weighted by Crippen LogP contribution is 2.00. The Morgan fingerprint density at radius 1 is 1.70 bits per heavy atom. The fourth-order valence-electron chi connectivity index (χ4n) is 0.684. The summed E-state index contributed by atoms with van der Waals surface area (Å²) in [5, 5.41) is 8.33. The molecule has 3 heteroatoms. The van der Waals surface area contributed by atoms with Gasteiger partial charge in [0.25, 0.3) is 0 Å². The molecule has 0 saturated carbocycles. The molecule has 3 nitrogen and oxygen atoms in total. The maximum atomic E-state index is 8.33. The van der Waals surface area contributed by atoms with Crippen molar-refractivity contribution in [1.82, 2.24) is 9.97 Å². The van der Waals surface area contributed by atoms with Crippen LogP contribution in [0.25, 0.3) is 0 Å². The Morgan fingerprint density at radius 2 is 2.50 bits per heavy atom. The summed E-state index contributed by atoms with van der Waals surface area (Å²) in [7, 11) is 0. The summed E-state index contributed by atoms with van der Waals surface area (Å²) < 4.78 is 0. The highest BCUT2D eigenvalue weighted by molar-refractivity contribution is 5.16. The van der Waals surface area contributed by atoms with Crippen LogP contribution in [0.4, 0.5) is 0 Å². The second-order valence-corrected chi connectivity index (χ2v) is 1.99. The molecule has 0 bridgehead atoms. The van der Waals surface area contributed by atoms with Gasteiger partial charge in [-0.1, -0.05) is 0 Å². The number of aryl methyl sites for hydroxylation is 1. The van der Waals surface area contributed by atoms with Crippen LogP contribution in [0.3, 0.4) is 0 Å². The van der Waals surface area contributed by atoms with Crippen LogP contribution in [0, 0.1) is 18.3 Å². The Morgan fingerprint density at radius 3 is 3.10 bits per heavy atom. The first kappa shape index (κ1) is 6.69. The van der Waals surface area contributed by atoms with Crippen LogP contribution in [0.2, 0.25) is 0 Å². The van der Waals surface area contributed by atoms with E-state index in [0.29, 0.717) is 6.42 Å². The maximum absolute atomic E-state index is 8.33. The van der Waals surface area contributed by atoms with E-state index in [-0.39, 0.29) is 0 Å². The van der Waals surface area contributed by atoms with Gasteiger partial charge < -0.3 is 0 Å². The van der Waals surface area contributed by atoms with E-state index in [2.05, 4.69) is 9.97 Å². The quantitative estimate of drug-likeness (QED) is 0.570. The minimum absolute atomic E-state index is 0.369. The molecular weight excluding hydrogens is 126 g/mol. The predicted molar refractivity (Wildman–Crippen MR) is 36.1 cm³/mol. The molecule has 0 aliphatic carbocycles. The van der Waals surface area contributed by atoms with Crippen molar-refractivity contribution < 1.29 is 0 Å². The van der Waals surface area contributed by atoms with Gasteiger partial charge in [0.2, 0.25) is 0 Å². The van der Waals surface area contributed by atoms with E-state index < -0.39 is 0 Å². The molecule has 0 unspecified atom stereocenters. The highest BCUT2D eigenvalue weighted by atomic mass is 14.8. The lowest BCUT2D eigenvalue weighted by atomic mass is 10.2. The number of hydrogen-bond donors (Lipinski definition) is 0. The van der Waals surface area contributed by atoms with Crippen molar-refractivity contribution >= 4 is 0 Å². The van der Waals surface area contributed by atoms with Crippen LogP contribution in [-0.2, 0) is 6.42 Å². The molecule has 0 atom stereocenters. The first-order valence-corrected chi connectivity index (χ1v) is 2.97. The van der Waals surface area contributed by atoms with E-state index in [0.717, 1.165) is 11.3 Å². The zero-order valence-electron chi connectivity index (χ0n) is 5.70. The van der Waals surface area contributed by atoms with Crippen molar-refractivity contribution in [3.8, 4) is 6.07 Å². The molecule has 1 rings (SSSR count). The van der Waals surface area contributed by atoms with E-state index in [9.17, 15) is 0 Å². The predicted octanol–water partition coefficient (Wildman–Crippen LogP) is 0.851. The van der Waals surface area contributed by atoms with Gasteiger partial charge in [0.05, 0.1) is 18.2 Å². The molecule has 1 heterocycles. The lowest BCUT2D eigenvalue weighted by Gasteiger charge is -1.95. The largest absolute Gasteiger partial charge is 0.245 e. The molecule has 0 amide bonds. The van der Waals surface area contributed by atoms with Crippen LogP contribution in [0.1, 0.15) is 11.3 Å². The number of hydrogen-bond acceptors (Lipinski definition) is 3. The summed E-state index contributed by atoms with van der Waals surface area (Å²) in [6.45, 7) is 1.90. The molecule has 50 valence electrons. The Kier molecular flexibility index (Phi) is 1.96. The van der Waals surface area contributed by atoms with E-state index in [1.54, 1.807) is 6.20 Å². The van der Waals surface area contributed by atoms with Gasteiger partial charge >= 0.3 is 0 Å². The molecule has 1 aromatic heterocycles. The fourth-order valence-corrected chi connectivity index (χ4v) is 0.684. The lowest BCUT2D eigenvalue weighted by molar-refractivity contribution is 1.02. The van der Waals surface area contributed by atoms with E-state index >= 15 is 0 Å². The van der Waals surface area contributed by atoms with Crippen LogP contribution < -0.4 is 0 Å². The van der Waals surface area contributed by atoms with Crippen LogP contribution in [-0.4, -0.2) is 9.97 Å². The third kappa shape index (κ3) is 1.29. The third-order valence-electron chi connectivity index (χ3n) is 1.25. The monoisotopic (exact) mass is 133 g/mol. The number of aromatic nitrogens is 2. The first-order valence-electron chi connectivity index (χ1n) is 2.97. The zero-order valence-corrected chi connectivity index (χ0v) is 5.70. The summed E-state index contributed by atoms with van der Waals surface area (Å²) in [5.74, 6) is 0. The smallest absolute Gasteiger partial charge is 0.115 e. The van der Waals surface area contributed by atoms with Gasteiger partial charge in [-0.3, -0.25) is 0 Å². The van der Waals surface area contributed by atoms with Gasteiger partial charge in [-0.2, -0.15) is 5.26 Å². The van der Waals surface area contributed by atoms with Crippen molar-refractivity contribution in [2.24, 2.45) is 0 Å². The SMILES string of the molecule is Cc1cncnc1CC#N. The fraction of sp³-hybridized carbons (Fsp3) is 0.286. The summed E-state index contributed by atoms with van der Waals surface area (Å²) in [6.07, 6.45) is 3.54. The molecule has 0 N–H and O–H groups in total. The molecule has 0 saturated heterocycles. The molecule has 0 fully saturated rings. The number of nitriles is 1. The van der Waals surface area contributed by atoms with Crippen molar-refractivity contribution in [1.29, 1.82) is 5.26 Å². The molecule has 0 spiro atoms. The second kappa shape index (κ2) is 2.92. The summed E-state index contributed by atoms with van der Waals surface area (Å²) in [6, 6.07) is 2.03. The van der Waals surface area contributed by atoms with E-state index in [1.165, 1.54) is 6.33 Å². The molecule has 0 aliphatic heterocycles. The first-order chi connectivity index (χ1) is 4.84. The molecule has 0 aliphatic rings. The number of nitrogens with zero attached hydrogens (tertiary/aromatic N) is 3. The van der Waals surface area contributed by atoms with Crippen molar-refractivity contribution in [3.05, 3.63) is 23.8 Å². The average Bonchev–Trinajstić information content (AvgIpc) is 1.94. The summed E-state index contributed by atoms with van der Waals surface area (Å²) >= 11 is 0. The van der Waals surface area contributed by atoms with Crippen LogP contribution in [0.5, 0.6) is 0 Å². The van der Waals surface area contributed by atoms with Gasteiger partial charge in [-0.25, -0.2) is 9.97 Å². The Hall–Kier alpha value is -1.43. The molecule has 1 aromatic rings. The lowest BCUT2D eigenvalue weighted by Crippen LogP contribution is -1.92. The topological polar surface area (TPSA) is 49.6 Å². The summed E-state index contributed by atoms with van der Waals surface area (Å²) in [5.41, 5.74) is 1.79. The van der Waals surface area contributed by atoms with Gasteiger partial charge in [0.15, 0.2) is 0 Å². The van der Waals surface area contributed by atoms with Gasteiger partial charge in [-0.15, -0.1) is 0 Å². The Bertz CT molecular complexity index is 262. The van der Waals surface area contributed by atoms with Gasteiger partial charge in [0.1, 0.15) is 6.33 Å². The van der Waals surface area contributed by atoms with Crippen molar-refractivity contribution in [2.45, 2.75) is 13.3 Å². The highest BCUT2D eigenvalue weighted by Gasteiger charge is 1.95. The van der Waals surface area contributed by atoms with Crippen molar-refractivity contribution in [3.63, 3.8) is 0 Å².